The van der Waals surface area contributed by atoms with Crippen LogP contribution in [-0.4, -0.2) is 28.2 Å². The van der Waals surface area contributed by atoms with Gasteiger partial charge < -0.3 is 5.32 Å². The van der Waals surface area contributed by atoms with Gasteiger partial charge in [-0.3, -0.25) is 10.1 Å². The molecule has 1 heterocycles. The number of nitro benzene ring substituents is 1. The fourth-order valence-electron chi connectivity index (χ4n) is 2.08. The van der Waals surface area contributed by atoms with Crippen LogP contribution in [0, 0.1) is 17.0 Å². The third-order valence-corrected chi connectivity index (χ3v) is 5.98. The highest BCUT2D eigenvalue weighted by Gasteiger charge is 2.41. The number of hydrogen-bond donors (Lipinski definition) is 2. The van der Waals surface area contributed by atoms with Crippen molar-refractivity contribution in [1.82, 2.24) is 14.1 Å². The molecule has 9 nitrogen and oxygen atoms in total. The topological polar surface area (TPSA) is 127 Å². The summed E-state index contributed by atoms with van der Waals surface area (Å²) in [6, 6.07) is 3.63. The van der Waals surface area contributed by atoms with Crippen molar-refractivity contribution in [3.63, 3.8) is 0 Å². The molecule has 3 rings (SSSR count). The van der Waals surface area contributed by atoms with Crippen molar-refractivity contribution in [2.45, 2.75) is 37.1 Å². The van der Waals surface area contributed by atoms with Gasteiger partial charge in [0.05, 0.1) is 9.82 Å². The van der Waals surface area contributed by atoms with E-state index in [9.17, 15) is 18.5 Å². The van der Waals surface area contributed by atoms with Crippen molar-refractivity contribution in [1.29, 1.82) is 0 Å². The molecule has 0 unspecified atom stereocenters. The van der Waals surface area contributed by atoms with Crippen molar-refractivity contribution in [3.8, 4) is 0 Å². The van der Waals surface area contributed by atoms with Gasteiger partial charge in [0.25, 0.3) is 5.69 Å². The number of hydrogen-bond acceptors (Lipinski definition) is 8. The first-order valence-corrected chi connectivity index (χ1v) is 9.34. The number of aryl methyl sites for hydroxylation is 1. The molecular weight excluding hydrogens is 354 g/mol. The molecule has 0 saturated heterocycles. The zero-order valence-electron chi connectivity index (χ0n) is 12.9. The number of benzene rings is 1. The van der Waals surface area contributed by atoms with Crippen LogP contribution in [0.3, 0.4) is 0 Å². The van der Waals surface area contributed by atoms with E-state index in [1.165, 1.54) is 18.2 Å². The lowest BCUT2D eigenvalue weighted by Gasteiger charge is -2.13. The summed E-state index contributed by atoms with van der Waals surface area (Å²) in [6.07, 6.45) is 1.54. The summed E-state index contributed by atoms with van der Waals surface area (Å²) >= 11 is 1.04. The number of nitrogens with one attached hydrogen (secondary N) is 2. The zero-order chi connectivity index (χ0) is 17.5. The number of sulfonamides is 1. The second kappa shape index (κ2) is 5.76. The van der Waals surface area contributed by atoms with Gasteiger partial charge in [0.15, 0.2) is 0 Å². The molecule has 1 saturated carbocycles. The van der Waals surface area contributed by atoms with Gasteiger partial charge in [0.2, 0.25) is 15.2 Å². The summed E-state index contributed by atoms with van der Waals surface area (Å²) < 4.78 is 31.5. The Morgan fingerprint density at radius 2 is 2.08 bits per heavy atom. The molecule has 1 fully saturated rings. The van der Waals surface area contributed by atoms with Crippen LogP contribution in [0.25, 0.3) is 0 Å². The van der Waals surface area contributed by atoms with Crippen molar-refractivity contribution >= 4 is 38.1 Å². The molecule has 0 atom stereocenters. The molecule has 11 heteroatoms. The van der Waals surface area contributed by atoms with E-state index in [-0.39, 0.29) is 16.3 Å². The Morgan fingerprint density at radius 3 is 2.62 bits per heavy atom. The van der Waals surface area contributed by atoms with E-state index >= 15 is 0 Å². The molecule has 1 aromatic heterocycles. The maximum atomic E-state index is 12.4. The molecular formula is C13H15N5O4S2. The molecule has 0 aliphatic heterocycles. The first-order valence-electron chi connectivity index (χ1n) is 7.08. The average molecular weight is 369 g/mol. The Labute approximate surface area is 142 Å². The summed E-state index contributed by atoms with van der Waals surface area (Å²) in [5.41, 5.74) is -0.607. The molecule has 1 aliphatic rings. The van der Waals surface area contributed by atoms with Crippen LogP contribution in [0.2, 0.25) is 0 Å². The van der Waals surface area contributed by atoms with Gasteiger partial charge in [0.1, 0.15) is 11.5 Å². The Bertz CT molecular complexity index is 905. The molecule has 1 aromatic carbocycles. The van der Waals surface area contributed by atoms with E-state index in [2.05, 4.69) is 19.4 Å². The molecule has 0 bridgehead atoms. The van der Waals surface area contributed by atoms with E-state index in [1.54, 1.807) is 6.92 Å². The predicted molar refractivity (Wildman–Crippen MR) is 89.0 cm³/mol. The lowest BCUT2D eigenvalue weighted by Crippen LogP contribution is -2.34. The molecule has 0 spiro atoms. The van der Waals surface area contributed by atoms with Crippen LogP contribution in [0.15, 0.2) is 23.1 Å². The van der Waals surface area contributed by atoms with E-state index < -0.39 is 20.5 Å². The SMILES string of the molecule is Cc1nsc(Nc2cc(S(=O)(=O)NC3(C)CC3)ccc2[N+](=O)[O-])n1. The van der Waals surface area contributed by atoms with Gasteiger partial charge in [0, 0.05) is 23.1 Å². The van der Waals surface area contributed by atoms with Gasteiger partial charge in [-0.25, -0.2) is 18.1 Å². The van der Waals surface area contributed by atoms with Gasteiger partial charge in [-0.1, -0.05) is 0 Å². The number of nitro groups is 1. The molecule has 0 amide bonds. The molecule has 2 aromatic rings. The van der Waals surface area contributed by atoms with Crippen molar-refractivity contribution < 1.29 is 13.3 Å². The fourth-order valence-corrected chi connectivity index (χ4v) is 4.16. The number of anilines is 2. The first kappa shape index (κ1) is 16.7. The third kappa shape index (κ3) is 3.52. The summed E-state index contributed by atoms with van der Waals surface area (Å²) in [5, 5.41) is 14.3. The van der Waals surface area contributed by atoms with E-state index in [4.69, 9.17) is 0 Å². The van der Waals surface area contributed by atoms with Crippen molar-refractivity contribution in [2.75, 3.05) is 5.32 Å². The highest BCUT2D eigenvalue weighted by molar-refractivity contribution is 7.89. The number of nitrogens with zero attached hydrogens (tertiary/aromatic N) is 3. The van der Waals surface area contributed by atoms with Gasteiger partial charge in [-0.2, -0.15) is 4.37 Å². The zero-order valence-corrected chi connectivity index (χ0v) is 14.6. The lowest BCUT2D eigenvalue weighted by atomic mass is 10.2. The van der Waals surface area contributed by atoms with Crippen LogP contribution in [0.1, 0.15) is 25.6 Å². The summed E-state index contributed by atoms with van der Waals surface area (Å²) in [7, 11) is -3.75. The molecule has 24 heavy (non-hydrogen) atoms. The minimum Gasteiger partial charge on any atom is -0.325 e. The normalized spacial score (nSPS) is 15.9. The highest BCUT2D eigenvalue weighted by Crippen LogP contribution is 2.37. The van der Waals surface area contributed by atoms with E-state index in [0.29, 0.717) is 11.0 Å². The van der Waals surface area contributed by atoms with Gasteiger partial charge >= 0.3 is 0 Å². The average Bonchev–Trinajstić information content (AvgIpc) is 3.05. The lowest BCUT2D eigenvalue weighted by molar-refractivity contribution is -0.384. The largest absolute Gasteiger partial charge is 0.325 e. The van der Waals surface area contributed by atoms with Crippen LogP contribution in [-0.2, 0) is 10.0 Å². The van der Waals surface area contributed by atoms with Gasteiger partial charge in [-0.15, -0.1) is 0 Å². The predicted octanol–water partition coefficient (Wildman–Crippen LogP) is 2.33. The number of aromatic nitrogens is 2. The summed E-state index contributed by atoms with van der Waals surface area (Å²) in [5.74, 6) is 0.525. The van der Waals surface area contributed by atoms with E-state index in [0.717, 1.165) is 24.4 Å². The molecule has 1 aliphatic carbocycles. The third-order valence-electron chi connectivity index (χ3n) is 3.62. The van der Waals surface area contributed by atoms with Crippen LogP contribution >= 0.6 is 11.5 Å². The summed E-state index contributed by atoms with van der Waals surface area (Å²) in [4.78, 5) is 14.6. The Balaban J connectivity index is 1.97. The monoisotopic (exact) mass is 369 g/mol. The van der Waals surface area contributed by atoms with Crippen LogP contribution in [0.4, 0.5) is 16.5 Å². The quantitative estimate of drug-likeness (QED) is 0.591. The maximum Gasteiger partial charge on any atom is 0.292 e. The Hall–Kier alpha value is -2.11. The second-order valence-electron chi connectivity index (χ2n) is 5.87. The standard InChI is InChI=1S/C13H15N5O4S2/c1-8-14-12(23-16-8)15-10-7-9(3-4-11(10)18(19)20)24(21,22)17-13(2)5-6-13/h3-4,7,17H,5-6H2,1-2H3,(H,14,15,16). The van der Waals surface area contributed by atoms with Crippen molar-refractivity contribution in [2.24, 2.45) is 0 Å². The second-order valence-corrected chi connectivity index (χ2v) is 8.31. The summed E-state index contributed by atoms with van der Waals surface area (Å²) in [6.45, 7) is 3.51. The Kier molecular flexibility index (Phi) is 4.01. The van der Waals surface area contributed by atoms with Gasteiger partial charge in [-0.05, 0) is 38.8 Å². The Morgan fingerprint density at radius 1 is 1.38 bits per heavy atom. The van der Waals surface area contributed by atoms with Crippen LogP contribution < -0.4 is 10.0 Å². The molecule has 128 valence electrons. The maximum absolute atomic E-state index is 12.4. The smallest absolute Gasteiger partial charge is 0.292 e. The number of rotatable bonds is 6. The minimum atomic E-state index is -3.75. The minimum absolute atomic E-state index is 0.0371. The van der Waals surface area contributed by atoms with Crippen molar-refractivity contribution in [3.05, 3.63) is 34.1 Å². The first-order chi connectivity index (χ1) is 11.2. The fraction of sp³-hybridized carbons (Fsp3) is 0.385. The van der Waals surface area contributed by atoms with E-state index in [1.807, 2.05) is 6.92 Å². The highest BCUT2D eigenvalue weighted by atomic mass is 32.2. The van der Waals surface area contributed by atoms with Crippen LogP contribution in [0.5, 0.6) is 0 Å². The molecule has 0 radical (unpaired) electrons. The molecule has 2 N–H and O–H groups in total.